The monoisotopic (exact) mass is 264 g/mol. The van der Waals surface area contributed by atoms with E-state index in [4.69, 9.17) is 4.74 Å². The first kappa shape index (κ1) is 14.4. The van der Waals surface area contributed by atoms with Crippen LogP contribution in [0.3, 0.4) is 0 Å². The fraction of sp³-hybridized carbons (Fsp3) is 0.900. The summed E-state index contributed by atoms with van der Waals surface area (Å²) in [5.74, 6) is -0.501. The van der Waals surface area contributed by atoms with Gasteiger partial charge in [0.15, 0.2) is 0 Å². The minimum atomic E-state index is -3.65. The Hall–Kier alpha value is -0.660. The highest BCUT2D eigenvalue weighted by Crippen LogP contribution is 2.29. The van der Waals surface area contributed by atoms with E-state index in [0.29, 0.717) is 12.8 Å². The smallest absolute Gasteiger partial charge is 0.327 e. The second-order valence-electron chi connectivity index (χ2n) is 4.24. The summed E-state index contributed by atoms with van der Waals surface area (Å²) in [6.45, 7) is 1.97. The molecule has 0 amide bonds. The molecule has 0 saturated heterocycles. The number of methoxy groups -OCH3 is 1. The van der Waals surface area contributed by atoms with Gasteiger partial charge in [0.1, 0.15) is 5.54 Å². The Morgan fingerprint density at radius 1 is 1.29 bits per heavy atom. The van der Waals surface area contributed by atoms with Crippen LogP contribution in [-0.4, -0.2) is 33.6 Å². The number of nitrogens with one attached hydrogen (secondary N) is 2. The molecular weight excluding hydrogens is 244 g/mol. The Morgan fingerprint density at radius 3 is 2.35 bits per heavy atom. The van der Waals surface area contributed by atoms with Crippen molar-refractivity contribution in [1.82, 2.24) is 9.44 Å². The van der Waals surface area contributed by atoms with E-state index in [0.717, 1.165) is 19.3 Å². The van der Waals surface area contributed by atoms with Crippen LogP contribution in [0.15, 0.2) is 0 Å². The van der Waals surface area contributed by atoms with Crippen LogP contribution < -0.4 is 9.44 Å². The maximum Gasteiger partial charge on any atom is 0.327 e. The van der Waals surface area contributed by atoms with Gasteiger partial charge in [-0.25, -0.2) is 4.72 Å². The van der Waals surface area contributed by atoms with Crippen molar-refractivity contribution in [1.29, 1.82) is 0 Å². The van der Waals surface area contributed by atoms with Gasteiger partial charge in [0, 0.05) is 6.54 Å². The molecule has 6 nitrogen and oxygen atoms in total. The molecule has 0 spiro atoms. The quantitative estimate of drug-likeness (QED) is 0.700. The molecule has 0 aromatic carbocycles. The van der Waals surface area contributed by atoms with Gasteiger partial charge in [0.05, 0.1) is 7.11 Å². The van der Waals surface area contributed by atoms with Crippen LogP contribution in [-0.2, 0) is 19.7 Å². The number of ether oxygens (including phenoxy) is 1. The molecule has 1 fully saturated rings. The van der Waals surface area contributed by atoms with E-state index in [1.165, 1.54) is 7.11 Å². The average molecular weight is 264 g/mol. The fourth-order valence-electron chi connectivity index (χ4n) is 2.18. The molecule has 0 atom stereocenters. The molecule has 0 aliphatic heterocycles. The summed E-state index contributed by atoms with van der Waals surface area (Å²) in [6, 6.07) is 0. The summed E-state index contributed by atoms with van der Waals surface area (Å²) >= 11 is 0. The zero-order valence-electron chi connectivity index (χ0n) is 10.3. The highest BCUT2D eigenvalue weighted by atomic mass is 32.2. The van der Waals surface area contributed by atoms with Gasteiger partial charge in [-0.1, -0.05) is 26.2 Å². The second kappa shape index (κ2) is 5.79. The third-order valence-electron chi connectivity index (χ3n) is 2.95. The van der Waals surface area contributed by atoms with Gasteiger partial charge in [0.25, 0.3) is 10.2 Å². The van der Waals surface area contributed by atoms with Crippen LogP contribution in [0.5, 0.6) is 0 Å². The van der Waals surface area contributed by atoms with E-state index >= 15 is 0 Å². The van der Waals surface area contributed by atoms with Crippen LogP contribution in [0.25, 0.3) is 0 Å². The number of esters is 1. The van der Waals surface area contributed by atoms with Crippen LogP contribution in [0, 0.1) is 0 Å². The van der Waals surface area contributed by atoms with E-state index < -0.39 is 21.7 Å². The summed E-state index contributed by atoms with van der Waals surface area (Å²) in [5.41, 5.74) is -1.09. The Balaban J connectivity index is 2.87. The molecule has 0 unspecified atom stereocenters. The molecule has 1 saturated carbocycles. The zero-order chi connectivity index (χ0) is 12.9. The average Bonchev–Trinajstić information content (AvgIpc) is 2.28. The van der Waals surface area contributed by atoms with Gasteiger partial charge in [-0.05, 0) is 12.8 Å². The van der Waals surface area contributed by atoms with Crippen molar-refractivity contribution >= 4 is 16.2 Å². The molecule has 0 aromatic rings. The van der Waals surface area contributed by atoms with Gasteiger partial charge in [-0.15, -0.1) is 0 Å². The minimum absolute atomic E-state index is 0.284. The number of carbonyl (C=O) groups excluding carboxylic acids is 1. The lowest BCUT2D eigenvalue weighted by atomic mass is 9.83. The van der Waals surface area contributed by atoms with Crippen LogP contribution in [0.1, 0.15) is 39.0 Å². The predicted molar refractivity (Wildman–Crippen MR) is 63.6 cm³/mol. The normalized spacial score (nSPS) is 19.9. The van der Waals surface area contributed by atoms with E-state index in [1.54, 1.807) is 6.92 Å². The zero-order valence-corrected chi connectivity index (χ0v) is 11.1. The van der Waals surface area contributed by atoms with Crippen molar-refractivity contribution in [3.05, 3.63) is 0 Å². The third-order valence-corrected chi connectivity index (χ3v) is 4.28. The Bertz CT molecular complexity index is 361. The van der Waals surface area contributed by atoms with Crippen molar-refractivity contribution in [3.63, 3.8) is 0 Å². The highest BCUT2D eigenvalue weighted by molar-refractivity contribution is 7.87. The van der Waals surface area contributed by atoms with Gasteiger partial charge >= 0.3 is 5.97 Å². The SMILES string of the molecule is CCNS(=O)(=O)NC1(C(=O)OC)CCCCC1. The molecule has 1 rings (SSSR count). The number of carbonyl (C=O) groups is 1. The van der Waals surface area contributed by atoms with E-state index in [2.05, 4.69) is 9.44 Å². The molecule has 7 heteroatoms. The van der Waals surface area contributed by atoms with E-state index in [1.807, 2.05) is 0 Å². The largest absolute Gasteiger partial charge is 0.468 e. The first-order chi connectivity index (χ1) is 7.96. The summed E-state index contributed by atoms with van der Waals surface area (Å²) in [7, 11) is -2.37. The fourth-order valence-corrected chi connectivity index (χ4v) is 3.44. The summed E-state index contributed by atoms with van der Waals surface area (Å²) < 4.78 is 32.9. The molecule has 2 N–H and O–H groups in total. The Kier molecular flexibility index (Phi) is 4.91. The summed E-state index contributed by atoms with van der Waals surface area (Å²) in [5, 5.41) is 0. The molecular formula is C10H20N2O4S. The van der Waals surface area contributed by atoms with Crippen molar-refractivity contribution in [2.24, 2.45) is 0 Å². The highest BCUT2D eigenvalue weighted by Gasteiger charge is 2.43. The Labute approximate surface area is 102 Å². The van der Waals surface area contributed by atoms with Gasteiger partial charge in [-0.3, -0.25) is 4.79 Å². The molecule has 100 valence electrons. The molecule has 0 bridgehead atoms. The third kappa shape index (κ3) is 3.65. The molecule has 0 aromatic heterocycles. The lowest BCUT2D eigenvalue weighted by Gasteiger charge is -2.34. The lowest BCUT2D eigenvalue weighted by molar-refractivity contribution is -0.149. The van der Waals surface area contributed by atoms with Gasteiger partial charge in [-0.2, -0.15) is 13.1 Å². The van der Waals surface area contributed by atoms with Crippen LogP contribution >= 0.6 is 0 Å². The first-order valence-corrected chi connectivity index (χ1v) is 7.31. The maximum atomic E-state index is 11.8. The van der Waals surface area contributed by atoms with E-state index in [-0.39, 0.29) is 6.54 Å². The number of hydrogen-bond donors (Lipinski definition) is 2. The van der Waals surface area contributed by atoms with Crippen molar-refractivity contribution in [3.8, 4) is 0 Å². The van der Waals surface area contributed by atoms with Gasteiger partial charge < -0.3 is 4.74 Å². The summed E-state index contributed by atoms with van der Waals surface area (Å²) in [4.78, 5) is 11.8. The molecule has 0 radical (unpaired) electrons. The number of hydrogen-bond acceptors (Lipinski definition) is 4. The maximum absolute atomic E-state index is 11.8. The minimum Gasteiger partial charge on any atom is -0.468 e. The Morgan fingerprint density at radius 2 is 1.88 bits per heavy atom. The standard InChI is InChI=1S/C10H20N2O4S/c1-3-11-17(14,15)12-10(9(13)16-2)7-5-4-6-8-10/h11-12H,3-8H2,1-2H3. The molecule has 17 heavy (non-hydrogen) atoms. The topological polar surface area (TPSA) is 84.5 Å². The lowest BCUT2D eigenvalue weighted by Crippen LogP contribution is -2.58. The molecule has 1 aliphatic carbocycles. The van der Waals surface area contributed by atoms with Crippen molar-refractivity contribution in [2.75, 3.05) is 13.7 Å². The number of rotatable bonds is 5. The van der Waals surface area contributed by atoms with Crippen molar-refractivity contribution < 1.29 is 17.9 Å². The van der Waals surface area contributed by atoms with Crippen LogP contribution in [0.4, 0.5) is 0 Å². The first-order valence-electron chi connectivity index (χ1n) is 5.83. The second-order valence-corrected chi connectivity index (χ2v) is 5.74. The van der Waals surface area contributed by atoms with Gasteiger partial charge in [0.2, 0.25) is 0 Å². The molecule has 1 aliphatic rings. The summed E-state index contributed by atoms with van der Waals surface area (Å²) in [6.07, 6.45) is 3.64. The van der Waals surface area contributed by atoms with Crippen molar-refractivity contribution in [2.45, 2.75) is 44.6 Å². The van der Waals surface area contributed by atoms with Crippen LogP contribution in [0.2, 0.25) is 0 Å². The predicted octanol–water partition coefficient (Wildman–Crippen LogP) is 0.306. The van der Waals surface area contributed by atoms with E-state index in [9.17, 15) is 13.2 Å². The molecule has 0 heterocycles.